The van der Waals surface area contributed by atoms with E-state index in [9.17, 15) is 4.79 Å². The lowest BCUT2D eigenvalue weighted by Gasteiger charge is -2.19. The standard InChI is InChI=1S/C17H16ClN3O2/c1-2-21-13-5-3-4-6-15(13)23-14-8-7-11(20-16(19)10-18)9-12(14)17(21)22/h3-9H,2,10H2,1H3,(H2,19,20). The predicted molar refractivity (Wildman–Crippen MR) is 92.3 cm³/mol. The third kappa shape index (κ3) is 2.87. The Morgan fingerprint density at radius 2 is 2.04 bits per heavy atom. The van der Waals surface area contributed by atoms with Crippen molar-refractivity contribution in [3.05, 3.63) is 48.0 Å². The number of fused-ring (bicyclic) bond motifs is 2. The largest absolute Gasteiger partial charge is 0.454 e. The van der Waals surface area contributed by atoms with Crippen molar-refractivity contribution in [2.45, 2.75) is 6.92 Å². The first-order valence-corrected chi connectivity index (χ1v) is 7.79. The Bertz CT molecular complexity index is 789. The highest BCUT2D eigenvalue weighted by Crippen LogP contribution is 2.39. The molecule has 0 spiro atoms. The summed E-state index contributed by atoms with van der Waals surface area (Å²) in [6.45, 7) is 2.46. The number of nitrogens with zero attached hydrogens (tertiary/aromatic N) is 2. The molecule has 1 aliphatic rings. The molecule has 0 saturated carbocycles. The fourth-order valence-corrected chi connectivity index (χ4v) is 2.55. The Balaban J connectivity index is 2.12. The van der Waals surface area contributed by atoms with Crippen molar-refractivity contribution in [3.63, 3.8) is 0 Å². The average molecular weight is 330 g/mol. The molecule has 2 aromatic rings. The van der Waals surface area contributed by atoms with Crippen LogP contribution in [0.3, 0.4) is 0 Å². The summed E-state index contributed by atoms with van der Waals surface area (Å²) < 4.78 is 5.92. The number of hydrogen-bond acceptors (Lipinski definition) is 3. The number of carbonyl (C=O) groups is 1. The van der Waals surface area contributed by atoms with Crippen LogP contribution in [-0.4, -0.2) is 24.2 Å². The van der Waals surface area contributed by atoms with E-state index in [1.807, 2.05) is 31.2 Å². The van der Waals surface area contributed by atoms with Gasteiger partial charge in [-0.1, -0.05) is 12.1 Å². The van der Waals surface area contributed by atoms with E-state index in [1.165, 1.54) is 0 Å². The van der Waals surface area contributed by atoms with Crippen molar-refractivity contribution < 1.29 is 9.53 Å². The Kier molecular flexibility index (Phi) is 4.21. The Morgan fingerprint density at radius 3 is 2.78 bits per heavy atom. The summed E-state index contributed by atoms with van der Waals surface area (Å²) in [5.74, 6) is 1.45. The van der Waals surface area contributed by atoms with Gasteiger partial charge in [-0.15, -0.1) is 11.6 Å². The van der Waals surface area contributed by atoms with Gasteiger partial charge in [0.1, 0.15) is 11.6 Å². The van der Waals surface area contributed by atoms with Crippen molar-refractivity contribution >= 4 is 34.7 Å². The van der Waals surface area contributed by atoms with Gasteiger partial charge < -0.3 is 15.4 Å². The Labute approximate surface area is 139 Å². The van der Waals surface area contributed by atoms with Gasteiger partial charge in [0.15, 0.2) is 5.75 Å². The number of benzene rings is 2. The fourth-order valence-electron chi connectivity index (χ4n) is 2.49. The van der Waals surface area contributed by atoms with Gasteiger partial charge in [-0.05, 0) is 37.3 Å². The smallest absolute Gasteiger partial charge is 0.262 e. The van der Waals surface area contributed by atoms with E-state index in [-0.39, 0.29) is 11.8 Å². The molecule has 0 aromatic heterocycles. The molecule has 0 bridgehead atoms. The minimum atomic E-state index is -0.131. The van der Waals surface area contributed by atoms with Crippen LogP contribution in [0.25, 0.3) is 0 Å². The summed E-state index contributed by atoms with van der Waals surface area (Å²) in [7, 11) is 0. The lowest BCUT2D eigenvalue weighted by molar-refractivity contribution is 0.0988. The van der Waals surface area contributed by atoms with Gasteiger partial charge in [-0.2, -0.15) is 0 Å². The van der Waals surface area contributed by atoms with Crippen LogP contribution in [0.2, 0.25) is 0 Å². The van der Waals surface area contributed by atoms with E-state index in [4.69, 9.17) is 22.1 Å². The first-order chi connectivity index (χ1) is 11.1. The zero-order chi connectivity index (χ0) is 16.4. The van der Waals surface area contributed by atoms with Gasteiger partial charge in [0.25, 0.3) is 5.91 Å². The quantitative estimate of drug-likeness (QED) is 0.530. The van der Waals surface area contributed by atoms with Crippen LogP contribution in [0.5, 0.6) is 11.5 Å². The Hall–Kier alpha value is -2.53. The summed E-state index contributed by atoms with van der Waals surface area (Å²) in [5, 5.41) is 0. The van der Waals surface area contributed by atoms with Gasteiger partial charge >= 0.3 is 0 Å². The lowest BCUT2D eigenvalue weighted by Crippen LogP contribution is -2.29. The van der Waals surface area contributed by atoms with Crippen LogP contribution in [0.4, 0.5) is 11.4 Å². The summed E-state index contributed by atoms with van der Waals surface area (Å²) in [6.07, 6.45) is 0. The number of anilines is 1. The number of rotatable bonds is 3. The molecule has 2 N–H and O–H groups in total. The zero-order valence-corrected chi connectivity index (χ0v) is 13.4. The number of alkyl halides is 1. The normalized spacial score (nSPS) is 13.9. The van der Waals surface area contributed by atoms with Crippen molar-refractivity contribution in [3.8, 4) is 11.5 Å². The fraction of sp³-hybridized carbons (Fsp3) is 0.176. The molecule has 0 saturated heterocycles. The summed E-state index contributed by atoms with van der Waals surface area (Å²) in [4.78, 5) is 18.7. The van der Waals surface area contributed by atoms with Crippen LogP contribution < -0.4 is 15.4 Å². The highest BCUT2D eigenvalue weighted by Gasteiger charge is 2.27. The van der Waals surface area contributed by atoms with Gasteiger partial charge in [-0.3, -0.25) is 4.79 Å². The Morgan fingerprint density at radius 1 is 1.26 bits per heavy atom. The number of ether oxygens (including phenoxy) is 1. The summed E-state index contributed by atoms with van der Waals surface area (Å²) >= 11 is 5.65. The number of amides is 1. The molecule has 118 valence electrons. The molecule has 3 rings (SSSR count). The van der Waals surface area contributed by atoms with Crippen LogP contribution in [0, 0.1) is 0 Å². The van der Waals surface area contributed by atoms with E-state index in [0.29, 0.717) is 35.1 Å². The lowest BCUT2D eigenvalue weighted by atomic mass is 10.1. The van der Waals surface area contributed by atoms with E-state index >= 15 is 0 Å². The van der Waals surface area contributed by atoms with Gasteiger partial charge in [0.05, 0.1) is 22.8 Å². The summed E-state index contributed by atoms with van der Waals surface area (Å²) in [5.41, 5.74) is 7.43. The zero-order valence-electron chi connectivity index (χ0n) is 12.6. The van der Waals surface area contributed by atoms with Crippen LogP contribution in [-0.2, 0) is 0 Å². The first-order valence-electron chi connectivity index (χ1n) is 7.26. The van der Waals surface area contributed by atoms with Gasteiger partial charge in [0, 0.05) is 6.54 Å². The molecule has 23 heavy (non-hydrogen) atoms. The van der Waals surface area contributed by atoms with Crippen LogP contribution in [0.1, 0.15) is 17.3 Å². The number of amidine groups is 1. The molecular formula is C17H16ClN3O2. The third-order valence-electron chi connectivity index (χ3n) is 3.54. The maximum absolute atomic E-state index is 12.9. The molecule has 1 amide bonds. The predicted octanol–water partition coefficient (Wildman–Crippen LogP) is 3.69. The highest BCUT2D eigenvalue weighted by atomic mass is 35.5. The molecule has 0 fully saturated rings. The second-order valence-electron chi connectivity index (χ2n) is 5.04. The highest BCUT2D eigenvalue weighted by molar-refractivity contribution is 6.28. The minimum absolute atomic E-state index is 0.131. The van der Waals surface area contributed by atoms with Crippen molar-refractivity contribution in [1.82, 2.24) is 0 Å². The third-order valence-corrected chi connectivity index (χ3v) is 3.81. The van der Waals surface area contributed by atoms with Crippen LogP contribution in [0.15, 0.2) is 47.5 Å². The minimum Gasteiger partial charge on any atom is -0.454 e. The van der Waals surface area contributed by atoms with Crippen LogP contribution >= 0.6 is 11.6 Å². The number of carbonyl (C=O) groups excluding carboxylic acids is 1. The van der Waals surface area contributed by atoms with Gasteiger partial charge in [-0.25, -0.2) is 4.99 Å². The maximum atomic E-state index is 12.9. The van der Waals surface area contributed by atoms with E-state index in [1.54, 1.807) is 23.1 Å². The number of nitrogens with two attached hydrogens (primary N) is 1. The van der Waals surface area contributed by atoms with Crippen molar-refractivity contribution in [2.75, 3.05) is 17.3 Å². The molecule has 2 aromatic carbocycles. The van der Waals surface area contributed by atoms with Crippen molar-refractivity contribution in [2.24, 2.45) is 10.7 Å². The second-order valence-corrected chi connectivity index (χ2v) is 5.30. The number of aliphatic imine (C=N–C) groups is 1. The monoisotopic (exact) mass is 329 g/mol. The van der Waals surface area contributed by atoms with E-state index in [2.05, 4.69) is 4.99 Å². The molecule has 0 aliphatic carbocycles. The van der Waals surface area contributed by atoms with E-state index < -0.39 is 0 Å². The van der Waals surface area contributed by atoms with E-state index in [0.717, 1.165) is 5.69 Å². The van der Waals surface area contributed by atoms with Gasteiger partial charge in [0.2, 0.25) is 0 Å². The molecule has 1 heterocycles. The number of hydrogen-bond donors (Lipinski definition) is 1. The van der Waals surface area contributed by atoms with Crippen molar-refractivity contribution in [1.29, 1.82) is 0 Å². The number of halogens is 1. The molecule has 0 unspecified atom stereocenters. The first kappa shape index (κ1) is 15.4. The molecule has 0 radical (unpaired) electrons. The molecule has 0 atom stereocenters. The topological polar surface area (TPSA) is 67.9 Å². The maximum Gasteiger partial charge on any atom is 0.262 e. The molecule has 5 nitrogen and oxygen atoms in total. The average Bonchev–Trinajstić information content (AvgIpc) is 2.69. The SMILES string of the molecule is CCN1C(=O)c2cc(N=C(N)CCl)ccc2Oc2ccccc21. The summed E-state index contributed by atoms with van der Waals surface area (Å²) in [6, 6.07) is 12.6. The molecule has 1 aliphatic heterocycles. The second kappa shape index (κ2) is 6.30. The molecular weight excluding hydrogens is 314 g/mol. The number of para-hydroxylation sites is 2. The molecule has 6 heteroatoms.